The van der Waals surface area contributed by atoms with E-state index in [2.05, 4.69) is 20.3 Å². The molecular weight excluding hydrogens is 316 g/mol. The van der Waals surface area contributed by atoms with Crippen molar-refractivity contribution in [1.29, 1.82) is 0 Å². The Balaban J connectivity index is 1.63. The van der Waals surface area contributed by atoms with E-state index in [9.17, 15) is 4.79 Å². The number of thiazole rings is 1. The molecule has 9 heteroatoms. The molecule has 1 amide bonds. The van der Waals surface area contributed by atoms with Crippen LogP contribution in [0.25, 0.3) is 22.4 Å². The third kappa shape index (κ3) is 2.46. The number of carbonyl (C=O) groups is 1. The van der Waals surface area contributed by atoms with Gasteiger partial charge in [-0.2, -0.15) is 0 Å². The summed E-state index contributed by atoms with van der Waals surface area (Å²) in [6, 6.07) is 3.64. The Hall–Kier alpha value is -3.07. The third-order valence-electron chi connectivity index (χ3n) is 3.26. The monoisotopic (exact) mass is 326 g/mol. The predicted octanol–water partition coefficient (Wildman–Crippen LogP) is 1.69. The lowest BCUT2D eigenvalue weighted by Crippen LogP contribution is -2.11. The van der Waals surface area contributed by atoms with E-state index in [-0.39, 0.29) is 5.69 Å². The Morgan fingerprint density at radius 1 is 1.39 bits per heavy atom. The van der Waals surface area contributed by atoms with Crippen LogP contribution in [0.5, 0.6) is 0 Å². The van der Waals surface area contributed by atoms with Gasteiger partial charge in [0.1, 0.15) is 27.7 Å². The van der Waals surface area contributed by atoms with Crippen molar-refractivity contribution in [2.45, 2.75) is 6.54 Å². The van der Waals surface area contributed by atoms with Crippen LogP contribution in [-0.4, -0.2) is 30.9 Å². The van der Waals surface area contributed by atoms with E-state index in [1.165, 1.54) is 11.3 Å². The lowest BCUT2D eigenvalue weighted by molar-refractivity contribution is 0.0996. The average molecular weight is 326 g/mol. The van der Waals surface area contributed by atoms with Crippen molar-refractivity contribution in [3.63, 3.8) is 0 Å². The normalized spacial score (nSPS) is 11.1. The van der Waals surface area contributed by atoms with Crippen LogP contribution in [-0.2, 0) is 6.54 Å². The van der Waals surface area contributed by atoms with Crippen molar-refractivity contribution < 1.29 is 9.21 Å². The maximum atomic E-state index is 11.1. The molecule has 2 N–H and O–H groups in total. The molecule has 0 aliphatic heterocycles. The predicted molar refractivity (Wildman–Crippen MR) is 82.8 cm³/mol. The first-order valence-electron chi connectivity index (χ1n) is 6.67. The van der Waals surface area contributed by atoms with Crippen molar-refractivity contribution in [2.24, 2.45) is 5.73 Å². The van der Waals surface area contributed by atoms with E-state index in [4.69, 9.17) is 10.2 Å². The lowest BCUT2D eigenvalue weighted by Gasteiger charge is -1.96. The summed E-state index contributed by atoms with van der Waals surface area (Å²) in [5, 5.41) is 11.5. The fourth-order valence-corrected chi connectivity index (χ4v) is 2.99. The van der Waals surface area contributed by atoms with Gasteiger partial charge in [-0.25, -0.2) is 9.67 Å². The van der Waals surface area contributed by atoms with Gasteiger partial charge in [0, 0.05) is 17.0 Å². The summed E-state index contributed by atoms with van der Waals surface area (Å²) in [5.41, 5.74) is 7.55. The molecule has 4 heterocycles. The Kier molecular flexibility index (Phi) is 3.12. The summed E-state index contributed by atoms with van der Waals surface area (Å²) in [4.78, 5) is 19.6. The zero-order chi connectivity index (χ0) is 15.8. The summed E-state index contributed by atoms with van der Waals surface area (Å²) >= 11 is 1.35. The van der Waals surface area contributed by atoms with Gasteiger partial charge in [-0.05, 0) is 12.1 Å². The van der Waals surface area contributed by atoms with Crippen LogP contribution in [0.3, 0.4) is 0 Å². The highest BCUT2D eigenvalue weighted by atomic mass is 32.1. The van der Waals surface area contributed by atoms with E-state index < -0.39 is 5.91 Å². The molecular formula is C14H10N6O2S. The number of rotatable bonds is 4. The molecule has 114 valence electrons. The molecule has 0 unspecified atom stereocenters. The Bertz CT molecular complexity index is 1000. The highest BCUT2D eigenvalue weighted by Crippen LogP contribution is 2.25. The standard InChI is InChI=1S/C14H10N6O2S/c15-14(21)10-7-23-12(17-10)6-20-5-9(18-19-20)13-8-2-4-22-11(8)1-3-16-13/h1-5,7H,6H2,(H2,15,21). The van der Waals surface area contributed by atoms with Crippen LogP contribution in [0.1, 0.15) is 15.5 Å². The van der Waals surface area contributed by atoms with Gasteiger partial charge in [-0.15, -0.1) is 16.4 Å². The number of furan rings is 1. The number of nitrogens with two attached hydrogens (primary N) is 1. The second-order valence-corrected chi connectivity index (χ2v) is 5.73. The number of carbonyl (C=O) groups excluding carboxylic acids is 1. The van der Waals surface area contributed by atoms with Crippen molar-refractivity contribution in [1.82, 2.24) is 25.0 Å². The number of aromatic nitrogens is 5. The molecule has 0 bridgehead atoms. The first-order chi connectivity index (χ1) is 11.2. The molecule has 0 saturated carbocycles. The topological polar surface area (TPSA) is 113 Å². The molecule has 0 aromatic carbocycles. The van der Waals surface area contributed by atoms with E-state index in [0.717, 1.165) is 16.0 Å². The van der Waals surface area contributed by atoms with E-state index in [1.54, 1.807) is 34.8 Å². The van der Waals surface area contributed by atoms with Crippen molar-refractivity contribution >= 4 is 28.2 Å². The van der Waals surface area contributed by atoms with Crippen LogP contribution >= 0.6 is 11.3 Å². The van der Waals surface area contributed by atoms with Gasteiger partial charge >= 0.3 is 0 Å². The van der Waals surface area contributed by atoms with Crippen LogP contribution in [0, 0.1) is 0 Å². The van der Waals surface area contributed by atoms with Gasteiger partial charge < -0.3 is 10.2 Å². The number of amides is 1. The van der Waals surface area contributed by atoms with E-state index in [1.807, 2.05) is 6.07 Å². The Labute approximate surface area is 133 Å². The van der Waals surface area contributed by atoms with Crippen LogP contribution < -0.4 is 5.73 Å². The van der Waals surface area contributed by atoms with E-state index >= 15 is 0 Å². The fourth-order valence-electron chi connectivity index (χ4n) is 2.22. The molecule has 0 atom stereocenters. The number of hydrogen-bond donors (Lipinski definition) is 1. The molecule has 4 aromatic rings. The van der Waals surface area contributed by atoms with Gasteiger partial charge in [0.25, 0.3) is 5.91 Å². The molecule has 0 saturated heterocycles. The lowest BCUT2D eigenvalue weighted by atomic mass is 10.2. The number of nitrogens with zero attached hydrogens (tertiary/aromatic N) is 5. The molecule has 0 radical (unpaired) electrons. The maximum absolute atomic E-state index is 11.1. The van der Waals surface area contributed by atoms with Crippen LogP contribution in [0.4, 0.5) is 0 Å². The minimum absolute atomic E-state index is 0.259. The third-order valence-corrected chi connectivity index (χ3v) is 4.10. The largest absolute Gasteiger partial charge is 0.464 e. The Morgan fingerprint density at radius 3 is 3.13 bits per heavy atom. The van der Waals surface area contributed by atoms with Crippen LogP contribution in [0.2, 0.25) is 0 Å². The Morgan fingerprint density at radius 2 is 2.30 bits per heavy atom. The van der Waals surface area contributed by atoms with Gasteiger partial charge in [0.2, 0.25) is 0 Å². The summed E-state index contributed by atoms with van der Waals surface area (Å²) in [5.74, 6) is -0.539. The second-order valence-electron chi connectivity index (χ2n) is 4.78. The van der Waals surface area contributed by atoms with Gasteiger partial charge in [0.05, 0.1) is 19.0 Å². The molecule has 4 aromatic heterocycles. The summed E-state index contributed by atoms with van der Waals surface area (Å²) in [6.45, 7) is 0.409. The van der Waals surface area contributed by atoms with Crippen molar-refractivity contribution in [2.75, 3.05) is 0 Å². The van der Waals surface area contributed by atoms with Gasteiger partial charge in [-0.1, -0.05) is 5.21 Å². The summed E-state index contributed by atoms with van der Waals surface area (Å²) in [7, 11) is 0. The highest BCUT2D eigenvalue weighted by molar-refractivity contribution is 7.09. The second kappa shape index (κ2) is 5.29. The summed E-state index contributed by atoms with van der Waals surface area (Å²) < 4.78 is 7.00. The molecule has 8 nitrogen and oxygen atoms in total. The van der Waals surface area contributed by atoms with E-state index in [0.29, 0.717) is 17.9 Å². The summed E-state index contributed by atoms with van der Waals surface area (Å²) in [6.07, 6.45) is 5.06. The number of pyridine rings is 1. The molecule has 23 heavy (non-hydrogen) atoms. The fraction of sp³-hybridized carbons (Fsp3) is 0.0714. The first kappa shape index (κ1) is 13.6. The van der Waals surface area contributed by atoms with Crippen molar-refractivity contribution in [3.05, 3.63) is 46.9 Å². The molecule has 0 aliphatic carbocycles. The number of fused-ring (bicyclic) bond motifs is 1. The number of hydrogen-bond acceptors (Lipinski definition) is 7. The highest BCUT2D eigenvalue weighted by Gasteiger charge is 2.13. The SMILES string of the molecule is NC(=O)c1csc(Cn2cc(-c3nccc4occc34)nn2)n1. The van der Waals surface area contributed by atoms with Crippen molar-refractivity contribution in [3.8, 4) is 11.4 Å². The molecule has 0 spiro atoms. The smallest absolute Gasteiger partial charge is 0.268 e. The quantitative estimate of drug-likeness (QED) is 0.610. The molecule has 4 rings (SSSR count). The minimum atomic E-state index is -0.539. The zero-order valence-corrected chi connectivity index (χ0v) is 12.5. The molecule has 0 fully saturated rings. The van der Waals surface area contributed by atoms with Gasteiger partial charge in [0.15, 0.2) is 0 Å². The maximum Gasteiger partial charge on any atom is 0.268 e. The molecule has 0 aliphatic rings. The zero-order valence-electron chi connectivity index (χ0n) is 11.7. The number of primary amides is 1. The average Bonchev–Trinajstić information content (AvgIpc) is 3.27. The van der Waals surface area contributed by atoms with Gasteiger partial charge in [-0.3, -0.25) is 9.78 Å². The minimum Gasteiger partial charge on any atom is -0.464 e. The van der Waals surface area contributed by atoms with Crippen LogP contribution in [0.15, 0.2) is 40.6 Å². The first-order valence-corrected chi connectivity index (χ1v) is 7.55.